The summed E-state index contributed by atoms with van der Waals surface area (Å²) < 4.78 is 6.17. The number of rotatable bonds is 7. The van der Waals surface area contributed by atoms with E-state index in [9.17, 15) is 5.11 Å². The molecule has 2 fully saturated rings. The smallest absolute Gasteiger partial charge is 0.0616 e. The molecule has 3 nitrogen and oxygen atoms in total. The number of ether oxygens (including phenoxy) is 1. The van der Waals surface area contributed by atoms with Crippen LogP contribution in [0.2, 0.25) is 0 Å². The van der Waals surface area contributed by atoms with Crippen LogP contribution >= 0.6 is 0 Å². The van der Waals surface area contributed by atoms with E-state index in [0.29, 0.717) is 12.0 Å². The second-order valence-electron chi connectivity index (χ2n) is 7.48. The highest BCUT2D eigenvalue weighted by Crippen LogP contribution is 2.38. The van der Waals surface area contributed by atoms with E-state index in [1.807, 2.05) is 0 Å². The molecule has 21 heavy (non-hydrogen) atoms. The average Bonchev–Trinajstić information content (AvgIpc) is 2.87. The van der Waals surface area contributed by atoms with Gasteiger partial charge in [-0.15, -0.1) is 0 Å². The van der Waals surface area contributed by atoms with Crippen molar-refractivity contribution in [3.63, 3.8) is 0 Å². The molecule has 0 aromatic heterocycles. The summed E-state index contributed by atoms with van der Waals surface area (Å²) in [6, 6.07) is 0. The van der Waals surface area contributed by atoms with Gasteiger partial charge in [-0.25, -0.2) is 0 Å². The first-order valence-electron chi connectivity index (χ1n) is 9.08. The van der Waals surface area contributed by atoms with Gasteiger partial charge in [0, 0.05) is 12.1 Å². The van der Waals surface area contributed by atoms with Crippen molar-refractivity contribution in [2.45, 2.75) is 77.4 Å². The molecule has 0 aromatic rings. The largest absolute Gasteiger partial charge is 0.394 e. The third-order valence-corrected chi connectivity index (χ3v) is 6.14. The molecule has 0 aromatic carbocycles. The van der Waals surface area contributed by atoms with Crippen molar-refractivity contribution < 1.29 is 9.84 Å². The van der Waals surface area contributed by atoms with Gasteiger partial charge < -0.3 is 15.2 Å². The Hall–Kier alpha value is -0.120. The summed E-state index contributed by atoms with van der Waals surface area (Å²) in [6.45, 7) is 8.93. The van der Waals surface area contributed by atoms with Gasteiger partial charge >= 0.3 is 0 Å². The summed E-state index contributed by atoms with van der Waals surface area (Å²) in [6.07, 6.45) is 8.91. The van der Waals surface area contributed by atoms with Crippen LogP contribution in [-0.4, -0.2) is 36.5 Å². The predicted octanol–water partition coefficient (Wildman–Crippen LogP) is 3.36. The molecule has 0 radical (unpaired) electrons. The normalized spacial score (nSPS) is 40.6. The number of aliphatic hydroxyl groups excluding tert-OH is 1. The second-order valence-corrected chi connectivity index (χ2v) is 7.48. The predicted molar refractivity (Wildman–Crippen MR) is 87.4 cm³/mol. The molecule has 3 heteroatoms. The summed E-state index contributed by atoms with van der Waals surface area (Å²) in [5.41, 5.74) is -0.0352. The van der Waals surface area contributed by atoms with E-state index in [1.165, 1.54) is 32.1 Å². The van der Waals surface area contributed by atoms with Crippen LogP contribution in [0.5, 0.6) is 0 Å². The lowest BCUT2D eigenvalue weighted by Gasteiger charge is -2.36. The minimum absolute atomic E-state index is 0.0352. The summed E-state index contributed by atoms with van der Waals surface area (Å²) in [4.78, 5) is 0. The molecule has 124 valence electrons. The van der Waals surface area contributed by atoms with Crippen molar-refractivity contribution in [3.8, 4) is 0 Å². The van der Waals surface area contributed by atoms with Crippen LogP contribution in [-0.2, 0) is 4.74 Å². The third-order valence-electron chi connectivity index (χ3n) is 6.14. The van der Waals surface area contributed by atoms with Crippen LogP contribution in [0, 0.1) is 17.8 Å². The summed E-state index contributed by atoms with van der Waals surface area (Å²) in [5, 5.41) is 13.4. The Morgan fingerprint density at radius 3 is 2.67 bits per heavy atom. The summed E-state index contributed by atoms with van der Waals surface area (Å²) in [5.74, 6) is 2.23. The number of likely N-dealkylation sites (N-methyl/N-ethyl adjacent to an activating group) is 1. The second kappa shape index (κ2) is 7.94. The Labute approximate surface area is 130 Å². The van der Waals surface area contributed by atoms with E-state index in [-0.39, 0.29) is 12.1 Å². The van der Waals surface area contributed by atoms with Gasteiger partial charge in [-0.3, -0.25) is 0 Å². The van der Waals surface area contributed by atoms with Crippen LogP contribution in [0.3, 0.4) is 0 Å². The molecule has 2 saturated carbocycles. The number of aliphatic hydroxyl groups is 1. The monoisotopic (exact) mass is 297 g/mol. The van der Waals surface area contributed by atoms with Gasteiger partial charge in [0.05, 0.1) is 12.7 Å². The molecule has 5 atom stereocenters. The molecule has 0 bridgehead atoms. The molecule has 0 amide bonds. The van der Waals surface area contributed by atoms with Crippen molar-refractivity contribution in [1.29, 1.82) is 0 Å². The number of hydrogen-bond acceptors (Lipinski definition) is 3. The van der Waals surface area contributed by atoms with Crippen LogP contribution in [0.25, 0.3) is 0 Å². The SMILES string of the molecule is CCNC1(CO)CCCC1CCOC1CCC(C)C(C)C1. The Bertz CT molecular complexity index is 310. The minimum atomic E-state index is -0.0352. The van der Waals surface area contributed by atoms with Gasteiger partial charge in [-0.05, 0) is 62.8 Å². The Kier molecular flexibility index (Phi) is 6.51. The molecule has 0 spiro atoms. The zero-order chi connectivity index (χ0) is 15.3. The van der Waals surface area contributed by atoms with Gasteiger partial charge in [0.25, 0.3) is 0 Å². The lowest BCUT2D eigenvalue weighted by atomic mass is 9.80. The maximum atomic E-state index is 9.83. The molecule has 0 aliphatic heterocycles. The molecule has 2 N–H and O–H groups in total. The van der Waals surface area contributed by atoms with Gasteiger partial charge in [-0.2, -0.15) is 0 Å². The summed E-state index contributed by atoms with van der Waals surface area (Å²) >= 11 is 0. The van der Waals surface area contributed by atoms with Crippen LogP contribution in [0.15, 0.2) is 0 Å². The molecule has 2 aliphatic carbocycles. The van der Waals surface area contributed by atoms with Crippen molar-refractivity contribution in [3.05, 3.63) is 0 Å². The fourth-order valence-electron chi connectivity index (χ4n) is 4.44. The van der Waals surface area contributed by atoms with Gasteiger partial charge in [0.1, 0.15) is 0 Å². The quantitative estimate of drug-likeness (QED) is 0.757. The standard InChI is InChI=1S/C18H35NO2/c1-4-19-18(13-20)10-5-6-16(18)9-11-21-17-8-7-14(2)15(3)12-17/h14-17,19-20H,4-13H2,1-3H3. The fourth-order valence-corrected chi connectivity index (χ4v) is 4.44. The lowest BCUT2D eigenvalue weighted by Crippen LogP contribution is -2.51. The third kappa shape index (κ3) is 4.20. The Morgan fingerprint density at radius 2 is 2.00 bits per heavy atom. The van der Waals surface area contributed by atoms with Crippen LogP contribution in [0.1, 0.15) is 65.7 Å². The van der Waals surface area contributed by atoms with Crippen LogP contribution < -0.4 is 5.32 Å². The van der Waals surface area contributed by atoms with Gasteiger partial charge in [-0.1, -0.05) is 27.2 Å². The van der Waals surface area contributed by atoms with Crippen molar-refractivity contribution in [2.75, 3.05) is 19.8 Å². The van der Waals surface area contributed by atoms with E-state index >= 15 is 0 Å². The van der Waals surface area contributed by atoms with Crippen molar-refractivity contribution in [1.82, 2.24) is 5.32 Å². The summed E-state index contributed by atoms with van der Waals surface area (Å²) in [7, 11) is 0. The van der Waals surface area contributed by atoms with E-state index in [4.69, 9.17) is 4.74 Å². The first-order valence-corrected chi connectivity index (χ1v) is 9.08. The Balaban J connectivity index is 1.75. The average molecular weight is 297 g/mol. The highest BCUT2D eigenvalue weighted by atomic mass is 16.5. The molecular formula is C18H35NO2. The lowest BCUT2D eigenvalue weighted by molar-refractivity contribution is -0.00898. The first kappa shape index (κ1) is 17.2. The fraction of sp³-hybridized carbons (Fsp3) is 1.00. The topological polar surface area (TPSA) is 41.5 Å². The minimum Gasteiger partial charge on any atom is -0.394 e. The molecule has 0 heterocycles. The highest BCUT2D eigenvalue weighted by molar-refractivity contribution is 4.98. The number of hydrogen-bond donors (Lipinski definition) is 2. The molecule has 2 rings (SSSR count). The van der Waals surface area contributed by atoms with Gasteiger partial charge in [0.15, 0.2) is 0 Å². The van der Waals surface area contributed by atoms with E-state index < -0.39 is 0 Å². The maximum Gasteiger partial charge on any atom is 0.0616 e. The van der Waals surface area contributed by atoms with E-state index in [1.54, 1.807) is 0 Å². The Morgan fingerprint density at radius 1 is 1.19 bits per heavy atom. The molecule has 0 saturated heterocycles. The zero-order valence-electron chi connectivity index (χ0n) is 14.2. The van der Waals surface area contributed by atoms with Crippen molar-refractivity contribution >= 4 is 0 Å². The maximum absolute atomic E-state index is 9.83. The molecule has 5 unspecified atom stereocenters. The van der Waals surface area contributed by atoms with Gasteiger partial charge in [0.2, 0.25) is 0 Å². The molecular weight excluding hydrogens is 262 g/mol. The van der Waals surface area contributed by atoms with Crippen LogP contribution in [0.4, 0.5) is 0 Å². The highest BCUT2D eigenvalue weighted by Gasteiger charge is 2.41. The van der Waals surface area contributed by atoms with E-state index in [0.717, 1.165) is 37.8 Å². The number of nitrogens with one attached hydrogen (secondary N) is 1. The first-order chi connectivity index (χ1) is 10.1. The molecule has 2 aliphatic rings. The van der Waals surface area contributed by atoms with E-state index in [2.05, 4.69) is 26.1 Å². The van der Waals surface area contributed by atoms with Crippen molar-refractivity contribution in [2.24, 2.45) is 17.8 Å². The zero-order valence-corrected chi connectivity index (χ0v) is 14.2.